The lowest BCUT2D eigenvalue weighted by Gasteiger charge is -2.08. The molecule has 1 saturated carbocycles. The molecule has 1 aliphatic carbocycles. The third kappa shape index (κ3) is 4.11. The Bertz CT molecular complexity index is 1100. The van der Waals surface area contributed by atoms with Gasteiger partial charge in [-0.15, -0.1) is 0 Å². The van der Waals surface area contributed by atoms with E-state index in [0.717, 1.165) is 30.4 Å². The summed E-state index contributed by atoms with van der Waals surface area (Å²) in [5.74, 6) is 6.66. The first-order valence-corrected chi connectivity index (χ1v) is 9.60. The van der Waals surface area contributed by atoms with Crippen molar-refractivity contribution >= 4 is 16.8 Å². The number of rotatable bonds is 3. The fourth-order valence-electron chi connectivity index (χ4n) is 3.75. The van der Waals surface area contributed by atoms with Gasteiger partial charge in [-0.05, 0) is 49.4 Å². The Morgan fingerprint density at radius 1 is 1.21 bits per heavy atom. The van der Waals surface area contributed by atoms with Gasteiger partial charge >= 0.3 is 0 Å². The Hall–Kier alpha value is -3.27. The van der Waals surface area contributed by atoms with E-state index in [0.29, 0.717) is 34.0 Å². The molecule has 6 nitrogen and oxygen atoms in total. The van der Waals surface area contributed by atoms with E-state index in [4.69, 9.17) is 5.21 Å². The van der Waals surface area contributed by atoms with Gasteiger partial charge in [0.1, 0.15) is 0 Å². The number of aromatic nitrogens is 2. The quantitative estimate of drug-likeness (QED) is 0.364. The Kier molecular flexibility index (Phi) is 5.52. The van der Waals surface area contributed by atoms with Crippen molar-refractivity contribution in [1.29, 1.82) is 0 Å². The molecule has 3 aromatic rings. The average molecular weight is 387 g/mol. The first-order chi connectivity index (χ1) is 14.2. The van der Waals surface area contributed by atoms with Crippen molar-refractivity contribution in [2.75, 3.05) is 6.61 Å². The molecule has 6 heteroatoms. The third-order valence-corrected chi connectivity index (χ3v) is 5.36. The molecular weight excluding hydrogens is 366 g/mol. The number of benzene rings is 1. The zero-order valence-electron chi connectivity index (χ0n) is 15.8. The Balaban J connectivity index is 1.61. The van der Waals surface area contributed by atoms with Gasteiger partial charge < -0.3 is 5.11 Å². The summed E-state index contributed by atoms with van der Waals surface area (Å²) in [4.78, 5) is 20.7. The van der Waals surface area contributed by atoms with E-state index in [9.17, 15) is 9.90 Å². The minimum absolute atomic E-state index is 0.248. The number of hydrogen-bond donors (Lipinski definition) is 3. The molecular formula is C23H21N3O3. The van der Waals surface area contributed by atoms with Crippen LogP contribution in [0.2, 0.25) is 0 Å². The maximum Gasteiger partial charge on any atom is 0.275 e. The molecule has 1 amide bonds. The number of carbonyl (C=O) groups is 1. The lowest BCUT2D eigenvalue weighted by Crippen LogP contribution is -2.19. The van der Waals surface area contributed by atoms with Crippen molar-refractivity contribution in [3.8, 4) is 23.1 Å². The van der Waals surface area contributed by atoms with Crippen LogP contribution in [0.3, 0.4) is 0 Å². The topological polar surface area (TPSA) is 95.3 Å². The number of nitrogens with zero attached hydrogens (tertiary/aromatic N) is 2. The van der Waals surface area contributed by atoms with Gasteiger partial charge in [0.05, 0.1) is 16.8 Å². The first-order valence-electron chi connectivity index (χ1n) is 9.60. The largest absolute Gasteiger partial charge is 0.396 e. The number of fused-ring (bicyclic) bond motifs is 1. The second kappa shape index (κ2) is 8.39. The molecule has 2 heterocycles. The smallest absolute Gasteiger partial charge is 0.275 e. The fourth-order valence-corrected chi connectivity index (χ4v) is 3.75. The highest BCUT2D eigenvalue weighted by Crippen LogP contribution is 2.30. The molecule has 29 heavy (non-hydrogen) atoms. The number of aliphatic hydroxyl groups excluding tert-OH is 1. The molecule has 2 aromatic heterocycles. The maximum atomic E-state index is 12.1. The molecule has 3 N–H and O–H groups in total. The highest BCUT2D eigenvalue weighted by molar-refractivity contribution is 6.06. The summed E-state index contributed by atoms with van der Waals surface area (Å²) in [6, 6.07) is 11.1. The van der Waals surface area contributed by atoms with Crippen LogP contribution in [0.5, 0.6) is 0 Å². The van der Waals surface area contributed by atoms with Crippen LogP contribution in [0.4, 0.5) is 0 Å². The summed E-state index contributed by atoms with van der Waals surface area (Å²) < 4.78 is 0. The molecule has 0 radical (unpaired) electrons. The van der Waals surface area contributed by atoms with Crippen molar-refractivity contribution in [2.45, 2.75) is 19.3 Å². The second-order valence-corrected chi connectivity index (χ2v) is 7.29. The Morgan fingerprint density at radius 3 is 2.76 bits per heavy atom. The number of pyridine rings is 2. The summed E-state index contributed by atoms with van der Waals surface area (Å²) in [7, 11) is 0. The Labute approximate surface area is 168 Å². The van der Waals surface area contributed by atoms with Gasteiger partial charge in [0.15, 0.2) is 0 Å². The molecule has 1 aliphatic rings. The zero-order valence-corrected chi connectivity index (χ0v) is 15.8. The van der Waals surface area contributed by atoms with Gasteiger partial charge in [0.2, 0.25) is 0 Å². The predicted octanol–water partition coefficient (Wildman–Crippen LogP) is 3.18. The lowest BCUT2D eigenvalue weighted by molar-refractivity contribution is 0.0708. The number of aliphatic hydroxyl groups is 1. The van der Waals surface area contributed by atoms with Crippen LogP contribution >= 0.6 is 0 Å². The monoisotopic (exact) mass is 387 g/mol. The first kappa shape index (κ1) is 19.1. The fraction of sp³-hybridized carbons (Fsp3) is 0.261. The summed E-state index contributed by atoms with van der Waals surface area (Å²) in [6.45, 7) is 0.248. The van der Waals surface area contributed by atoms with Crippen molar-refractivity contribution in [3.05, 3.63) is 59.9 Å². The van der Waals surface area contributed by atoms with E-state index in [1.807, 2.05) is 24.3 Å². The van der Waals surface area contributed by atoms with Gasteiger partial charge in [-0.1, -0.05) is 24.0 Å². The molecule has 0 spiro atoms. The molecule has 4 rings (SSSR count). The lowest BCUT2D eigenvalue weighted by atomic mass is 10.0. The average Bonchev–Trinajstić information content (AvgIpc) is 3.25. The van der Waals surface area contributed by atoms with Gasteiger partial charge in [-0.25, -0.2) is 10.5 Å². The molecule has 1 fully saturated rings. The van der Waals surface area contributed by atoms with E-state index < -0.39 is 5.91 Å². The maximum absolute atomic E-state index is 12.1. The Morgan fingerprint density at radius 2 is 2.03 bits per heavy atom. The SMILES string of the molecule is O=C(NO)c1cc(-c2ccc(C#CC3CCC(CO)C3)cc2)nc2ccncc12. The van der Waals surface area contributed by atoms with E-state index in [1.54, 1.807) is 30.0 Å². The van der Waals surface area contributed by atoms with E-state index in [1.165, 1.54) is 0 Å². The van der Waals surface area contributed by atoms with Crippen molar-refractivity contribution in [3.63, 3.8) is 0 Å². The molecule has 2 unspecified atom stereocenters. The van der Waals surface area contributed by atoms with Gasteiger partial charge in [-0.2, -0.15) is 0 Å². The highest BCUT2D eigenvalue weighted by Gasteiger charge is 2.22. The van der Waals surface area contributed by atoms with Crippen molar-refractivity contribution < 1.29 is 15.1 Å². The van der Waals surface area contributed by atoms with E-state index in [-0.39, 0.29) is 6.61 Å². The minimum Gasteiger partial charge on any atom is -0.396 e. The van der Waals surface area contributed by atoms with Crippen LogP contribution in [-0.2, 0) is 0 Å². The van der Waals surface area contributed by atoms with E-state index >= 15 is 0 Å². The molecule has 0 saturated heterocycles. The van der Waals surface area contributed by atoms with Crippen molar-refractivity contribution in [1.82, 2.24) is 15.4 Å². The van der Waals surface area contributed by atoms with Crippen LogP contribution in [0.15, 0.2) is 48.8 Å². The summed E-state index contributed by atoms with van der Waals surface area (Å²) in [5.41, 5.74) is 5.01. The third-order valence-electron chi connectivity index (χ3n) is 5.36. The zero-order chi connectivity index (χ0) is 20.2. The van der Waals surface area contributed by atoms with Crippen LogP contribution in [0.25, 0.3) is 22.2 Å². The standard InChI is InChI=1S/C23H21N3O3/c27-14-17-4-3-16(11-17)2-1-15-5-7-18(8-6-15)22-12-19(23(28)26-29)20-13-24-10-9-21(20)25-22/h5-10,12-13,16-17,27,29H,3-4,11,14H2,(H,26,28). The summed E-state index contributed by atoms with van der Waals surface area (Å²) >= 11 is 0. The number of amides is 1. The summed E-state index contributed by atoms with van der Waals surface area (Å²) in [6.07, 6.45) is 6.22. The normalized spacial score (nSPS) is 18.3. The number of hydroxylamine groups is 1. The van der Waals surface area contributed by atoms with Gasteiger partial charge in [0.25, 0.3) is 5.91 Å². The van der Waals surface area contributed by atoms with Crippen LogP contribution in [0, 0.1) is 23.7 Å². The number of nitrogens with one attached hydrogen (secondary N) is 1. The van der Waals surface area contributed by atoms with Crippen molar-refractivity contribution in [2.24, 2.45) is 11.8 Å². The molecule has 0 bridgehead atoms. The van der Waals surface area contributed by atoms with Gasteiger partial charge in [-0.3, -0.25) is 15.0 Å². The molecule has 0 aliphatic heterocycles. The van der Waals surface area contributed by atoms with E-state index in [2.05, 4.69) is 21.8 Å². The second-order valence-electron chi connectivity index (χ2n) is 7.29. The van der Waals surface area contributed by atoms with Gasteiger partial charge in [0, 0.05) is 41.4 Å². The van der Waals surface area contributed by atoms with Crippen LogP contribution in [0.1, 0.15) is 35.2 Å². The van der Waals surface area contributed by atoms with Crippen LogP contribution < -0.4 is 5.48 Å². The number of hydrogen-bond acceptors (Lipinski definition) is 5. The predicted molar refractivity (Wildman–Crippen MR) is 109 cm³/mol. The number of carbonyl (C=O) groups excluding carboxylic acids is 1. The highest BCUT2D eigenvalue weighted by atomic mass is 16.5. The molecule has 146 valence electrons. The molecule has 2 atom stereocenters. The minimum atomic E-state index is -0.605. The summed E-state index contributed by atoms with van der Waals surface area (Å²) in [5, 5.41) is 18.9. The van der Waals surface area contributed by atoms with Crippen LogP contribution in [-0.4, -0.2) is 32.8 Å². The molecule has 1 aromatic carbocycles.